The summed E-state index contributed by atoms with van der Waals surface area (Å²) in [5, 5.41) is 4.41. The van der Waals surface area contributed by atoms with Crippen LogP contribution in [-0.4, -0.2) is 19.7 Å². The number of sulfone groups is 1. The molecule has 2 N–H and O–H groups in total. The van der Waals surface area contributed by atoms with Crippen molar-refractivity contribution in [1.82, 2.24) is 5.32 Å². The Balaban J connectivity index is 2.12. The zero-order valence-electron chi connectivity index (χ0n) is 13.4. The summed E-state index contributed by atoms with van der Waals surface area (Å²) in [4.78, 5) is 12.1. The standard InChI is InChI=1S/C17H19FN2O3S/c1-12(2)24(22,23)16-10-6-5-9-15(16)20-17(21)19-11-13-7-3-4-8-14(13)18/h3-10,12H,11H2,1-2H3,(H2,19,20,21). The number of para-hydroxylation sites is 1. The van der Waals surface area contributed by atoms with Crippen molar-refractivity contribution in [2.45, 2.75) is 30.5 Å². The fraction of sp³-hybridized carbons (Fsp3) is 0.235. The van der Waals surface area contributed by atoms with E-state index in [1.165, 1.54) is 18.2 Å². The average Bonchev–Trinajstić information content (AvgIpc) is 2.54. The average molecular weight is 350 g/mol. The van der Waals surface area contributed by atoms with Gasteiger partial charge in [-0.3, -0.25) is 0 Å². The minimum atomic E-state index is -3.53. The summed E-state index contributed by atoms with van der Waals surface area (Å²) in [6, 6.07) is 11.7. The summed E-state index contributed by atoms with van der Waals surface area (Å²) in [7, 11) is -3.53. The lowest BCUT2D eigenvalue weighted by atomic mass is 10.2. The molecule has 2 aromatic carbocycles. The summed E-state index contributed by atoms with van der Waals surface area (Å²) < 4.78 is 38.2. The van der Waals surface area contributed by atoms with Gasteiger partial charge < -0.3 is 10.6 Å². The van der Waals surface area contributed by atoms with E-state index in [9.17, 15) is 17.6 Å². The molecule has 7 heteroatoms. The van der Waals surface area contributed by atoms with Gasteiger partial charge in [0, 0.05) is 12.1 Å². The predicted molar refractivity (Wildman–Crippen MR) is 91.0 cm³/mol. The van der Waals surface area contributed by atoms with Crippen molar-refractivity contribution < 1.29 is 17.6 Å². The zero-order valence-corrected chi connectivity index (χ0v) is 14.2. The highest BCUT2D eigenvalue weighted by Gasteiger charge is 2.23. The molecule has 0 atom stereocenters. The monoisotopic (exact) mass is 350 g/mol. The number of hydrogen-bond acceptors (Lipinski definition) is 3. The summed E-state index contributed by atoms with van der Waals surface area (Å²) in [5.41, 5.74) is 0.535. The van der Waals surface area contributed by atoms with Gasteiger partial charge in [-0.05, 0) is 32.0 Å². The van der Waals surface area contributed by atoms with Gasteiger partial charge in [-0.15, -0.1) is 0 Å². The third kappa shape index (κ3) is 4.11. The highest BCUT2D eigenvalue weighted by Crippen LogP contribution is 2.24. The van der Waals surface area contributed by atoms with Crippen LogP contribution in [0.4, 0.5) is 14.9 Å². The number of nitrogens with one attached hydrogen (secondary N) is 2. The van der Waals surface area contributed by atoms with E-state index in [2.05, 4.69) is 10.6 Å². The van der Waals surface area contributed by atoms with Gasteiger partial charge in [0.2, 0.25) is 0 Å². The largest absolute Gasteiger partial charge is 0.334 e. The molecule has 0 radical (unpaired) electrons. The topological polar surface area (TPSA) is 75.3 Å². The Kier molecular flexibility index (Phi) is 5.56. The molecule has 0 saturated heterocycles. The number of halogens is 1. The van der Waals surface area contributed by atoms with E-state index < -0.39 is 26.9 Å². The Hall–Kier alpha value is -2.41. The van der Waals surface area contributed by atoms with Crippen LogP contribution in [0.3, 0.4) is 0 Å². The van der Waals surface area contributed by atoms with Gasteiger partial charge in [0.25, 0.3) is 0 Å². The van der Waals surface area contributed by atoms with Crippen LogP contribution in [0.2, 0.25) is 0 Å². The Bertz CT molecular complexity index is 835. The molecule has 0 aliphatic heterocycles. The molecule has 2 aromatic rings. The molecule has 0 saturated carbocycles. The lowest BCUT2D eigenvalue weighted by Gasteiger charge is -2.14. The maximum absolute atomic E-state index is 13.5. The predicted octanol–water partition coefficient (Wildman–Crippen LogP) is 3.33. The van der Waals surface area contributed by atoms with Crippen LogP contribution in [0.25, 0.3) is 0 Å². The zero-order chi connectivity index (χ0) is 17.7. The quantitative estimate of drug-likeness (QED) is 0.868. The van der Waals surface area contributed by atoms with E-state index in [0.717, 1.165) is 0 Å². The first-order valence-corrected chi connectivity index (χ1v) is 8.98. The molecule has 0 unspecified atom stereocenters. The van der Waals surface area contributed by atoms with Gasteiger partial charge in [-0.2, -0.15) is 0 Å². The lowest BCUT2D eigenvalue weighted by Crippen LogP contribution is -2.29. The first-order valence-electron chi connectivity index (χ1n) is 7.43. The molecule has 0 bridgehead atoms. The molecule has 0 heterocycles. The van der Waals surface area contributed by atoms with E-state index in [0.29, 0.717) is 5.56 Å². The number of hydrogen-bond donors (Lipinski definition) is 2. The first-order chi connectivity index (χ1) is 11.3. The Morgan fingerprint density at radius 2 is 1.71 bits per heavy atom. The maximum Gasteiger partial charge on any atom is 0.319 e. The number of amides is 2. The Morgan fingerprint density at radius 1 is 1.08 bits per heavy atom. The van der Waals surface area contributed by atoms with E-state index in [1.54, 1.807) is 44.2 Å². The second-order valence-corrected chi connectivity index (χ2v) is 7.96. The van der Waals surface area contributed by atoms with Crippen LogP contribution in [0.15, 0.2) is 53.4 Å². The summed E-state index contributed by atoms with van der Waals surface area (Å²) >= 11 is 0. The third-order valence-electron chi connectivity index (χ3n) is 3.46. The summed E-state index contributed by atoms with van der Waals surface area (Å²) in [6.45, 7) is 3.15. The second kappa shape index (κ2) is 7.44. The van der Waals surface area contributed by atoms with E-state index in [-0.39, 0.29) is 17.1 Å². The molecule has 2 rings (SSSR count). The number of rotatable bonds is 5. The molecule has 128 valence electrons. The number of urea groups is 1. The Morgan fingerprint density at radius 3 is 2.38 bits per heavy atom. The third-order valence-corrected chi connectivity index (χ3v) is 5.67. The van der Waals surface area contributed by atoms with Crippen molar-refractivity contribution in [3.63, 3.8) is 0 Å². The fourth-order valence-electron chi connectivity index (χ4n) is 2.06. The second-order valence-electron chi connectivity index (χ2n) is 5.49. The van der Waals surface area contributed by atoms with E-state index in [1.807, 2.05) is 0 Å². The van der Waals surface area contributed by atoms with Crippen molar-refractivity contribution in [2.75, 3.05) is 5.32 Å². The van der Waals surface area contributed by atoms with Gasteiger partial charge in [-0.1, -0.05) is 30.3 Å². The van der Waals surface area contributed by atoms with Crippen LogP contribution in [0.1, 0.15) is 19.4 Å². The maximum atomic E-state index is 13.5. The van der Waals surface area contributed by atoms with E-state index in [4.69, 9.17) is 0 Å². The lowest BCUT2D eigenvalue weighted by molar-refractivity contribution is 0.251. The van der Waals surface area contributed by atoms with Crippen molar-refractivity contribution in [3.05, 3.63) is 59.9 Å². The minimum Gasteiger partial charge on any atom is -0.334 e. The first kappa shape index (κ1) is 17.9. The molecule has 0 aliphatic rings. The van der Waals surface area contributed by atoms with Gasteiger partial charge in [0.05, 0.1) is 15.8 Å². The molecule has 0 fully saturated rings. The fourth-order valence-corrected chi connectivity index (χ4v) is 3.26. The highest BCUT2D eigenvalue weighted by atomic mass is 32.2. The molecular formula is C17H19FN2O3S. The molecule has 24 heavy (non-hydrogen) atoms. The molecule has 0 aromatic heterocycles. The van der Waals surface area contributed by atoms with Crippen molar-refractivity contribution in [2.24, 2.45) is 0 Å². The number of benzene rings is 2. The van der Waals surface area contributed by atoms with E-state index >= 15 is 0 Å². The van der Waals surface area contributed by atoms with Crippen LogP contribution in [0.5, 0.6) is 0 Å². The van der Waals surface area contributed by atoms with Crippen molar-refractivity contribution in [3.8, 4) is 0 Å². The minimum absolute atomic E-state index is 0.00238. The number of carbonyl (C=O) groups is 1. The summed E-state index contributed by atoms with van der Waals surface area (Å²) in [6.07, 6.45) is 0. The summed E-state index contributed by atoms with van der Waals surface area (Å²) in [5.74, 6) is -0.416. The molecule has 5 nitrogen and oxygen atoms in total. The van der Waals surface area contributed by atoms with Gasteiger partial charge in [0.15, 0.2) is 9.84 Å². The smallest absolute Gasteiger partial charge is 0.319 e. The van der Waals surface area contributed by atoms with Gasteiger partial charge in [-0.25, -0.2) is 17.6 Å². The van der Waals surface area contributed by atoms with Crippen LogP contribution in [0, 0.1) is 5.82 Å². The molecule has 0 spiro atoms. The normalized spacial score (nSPS) is 11.3. The highest BCUT2D eigenvalue weighted by molar-refractivity contribution is 7.92. The Labute approximate surface area is 140 Å². The van der Waals surface area contributed by atoms with Crippen LogP contribution < -0.4 is 10.6 Å². The SMILES string of the molecule is CC(C)S(=O)(=O)c1ccccc1NC(=O)NCc1ccccc1F. The van der Waals surface area contributed by atoms with Crippen molar-refractivity contribution >= 4 is 21.6 Å². The number of carbonyl (C=O) groups excluding carboxylic acids is 1. The molecule has 2 amide bonds. The molecule has 0 aliphatic carbocycles. The van der Waals surface area contributed by atoms with Gasteiger partial charge >= 0.3 is 6.03 Å². The number of anilines is 1. The van der Waals surface area contributed by atoms with Crippen LogP contribution >= 0.6 is 0 Å². The van der Waals surface area contributed by atoms with Gasteiger partial charge in [0.1, 0.15) is 5.82 Å². The van der Waals surface area contributed by atoms with Crippen LogP contribution in [-0.2, 0) is 16.4 Å². The molecular weight excluding hydrogens is 331 g/mol. The van der Waals surface area contributed by atoms with Crippen molar-refractivity contribution in [1.29, 1.82) is 0 Å².